The van der Waals surface area contributed by atoms with E-state index in [0.29, 0.717) is 0 Å². The Balaban J connectivity index is 2.22. The van der Waals surface area contributed by atoms with Crippen molar-refractivity contribution in [3.05, 3.63) is 0 Å². The highest BCUT2D eigenvalue weighted by Crippen LogP contribution is 2.00. The van der Waals surface area contributed by atoms with E-state index in [1.54, 1.807) is 4.90 Å². The van der Waals surface area contributed by atoms with Gasteiger partial charge in [0.15, 0.2) is 6.19 Å². The molecular formula is C8H16N4O. The third-order valence-electron chi connectivity index (χ3n) is 2.24. The van der Waals surface area contributed by atoms with Gasteiger partial charge < -0.3 is 15.7 Å². The number of nitrogens with two attached hydrogens (primary N) is 1. The van der Waals surface area contributed by atoms with E-state index in [1.807, 2.05) is 0 Å². The first-order valence-corrected chi connectivity index (χ1v) is 4.49. The average Bonchev–Trinajstić information content (AvgIpc) is 2.19. The van der Waals surface area contributed by atoms with Crippen LogP contribution in [0.2, 0.25) is 0 Å². The molecule has 5 nitrogen and oxygen atoms in total. The summed E-state index contributed by atoms with van der Waals surface area (Å²) >= 11 is 0. The molecule has 1 fully saturated rings. The number of piperazine rings is 1. The summed E-state index contributed by atoms with van der Waals surface area (Å²) in [6.45, 7) is 4.01. The fourth-order valence-electron chi connectivity index (χ4n) is 1.42. The monoisotopic (exact) mass is 184 g/mol. The van der Waals surface area contributed by atoms with Crippen LogP contribution in [0.25, 0.3) is 0 Å². The summed E-state index contributed by atoms with van der Waals surface area (Å²) in [6.07, 6.45) is 2.12. The van der Waals surface area contributed by atoms with Gasteiger partial charge in [-0.2, -0.15) is 5.26 Å². The predicted molar refractivity (Wildman–Crippen MR) is 48.7 cm³/mol. The van der Waals surface area contributed by atoms with Gasteiger partial charge in [-0.3, -0.25) is 4.90 Å². The normalized spacial score (nSPS) is 21.2. The maximum Gasteiger partial charge on any atom is 0.179 e. The number of hydrogen-bond acceptors (Lipinski definition) is 5. The van der Waals surface area contributed by atoms with Crippen LogP contribution in [0.15, 0.2) is 0 Å². The van der Waals surface area contributed by atoms with Crippen molar-refractivity contribution in [2.75, 3.05) is 39.3 Å². The van der Waals surface area contributed by atoms with Gasteiger partial charge in [0.05, 0.1) is 6.61 Å². The number of rotatable bonds is 3. The Hall–Kier alpha value is -0.830. The molecule has 1 saturated heterocycles. The van der Waals surface area contributed by atoms with E-state index in [0.717, 1.165) is 32.7 Å². The highest BCUT2D eigenvalue weighted by Gasteiger charge is 2.16. The van der Waals surface area contributed by atoms with E-state index in [9.17, 15) is 0 Å². The summed E-state index contributed by atoms with van der Waals surface area (Å²) in [4.78, 5) is 3.91. The number of aliphatic hydroxyl groups excluding tert-OH is 1. The van der Waals surface area contributed by atoms with Gasteiger partial charge in [0.1, 0.15) is 0 Å². The molecule has 0 aliphatic carbocycles. The molecule has 1 aliphatic heterocycles. The Labute approximate surface area is 78.3 Å². The van der Waals surface area contributed by atoms with E-state index < -0.39 is 0 Å². The van der Waals surface area contributed by atoms with Gasteiger partial charge in [0, 0.05) is 38.8 Å². The van der Waals surface area contributed by atoms with E-state index >= 15 is 0 Å². The van der Waals surface area contributed by atoms with Crippen LogP contribution in [-0.2, 0) is 0 Å². The lowest BCUT2D eigenvalue weighted by atomic mass is 10.2. The van der Waals surface area contributed by atoms with E-state index in [1.165, 1.54) is 0 Å². The molecule has 0 aromatic carbocycles. The zero-order valence-electron chi connectivity index (χ0n) is 7.69. The first-order chi connectivity index (χ1) is 6.26. The van der Waals surface area contributed by atoms with Gasteiger partial charge in [-0.25, -0.2) is 0 Å². The smallest absolute Gasteiger partial charge is 0.179 e. The van der Waals surface area contributed by atoms with Gasteiger partial charge in [-0.05, 0) is 0 Å². The molecule has 5 heteroatoms. The highest BCUT2D eigenvalue weighted by molar-refractivity contribution is 4.81. The number of hydrogen-bond donors (Lipinski definition) is 2. The minimum absolute atomic E-state index is 0.0263. The minimum Gasteiger partial charge on any atom is -0.395 e. The molecule has 74 valence electrons. The maximum atomic E-state index is 8.75. The van der Waals surface area contributed by atoms with Crippen molar-refractivity contribution in [1.29, 1.82) is 5.26 Å². The molecule has 0 aromatic heterocycles. The molecule has 0 saturated carbocycles. The lowest BCUT2D eigenvalue weighted by Crippen LogP contribution is -2.49. The minimum atomic E-state index is -0.159. The van der Waals surface area contributed by atoms with Crippen LogP contribution in [0.4, 0.5) is 0 Å². The lowest BCUT2D eigenvalue weighted by molar-refractivity contribution is 0.148. The van der Waals surface area contributed by atoms with Crippen LogP contribution in [-0.4, -0.2) is 60.3 Å². The number of nitrogens with zero attached hydrogens (tertiary/aromatic N) is 3. The molecule has 3 N–H and O–H groups in total. The Morgan fingerprint density at radius 2 is 2.00 bits per heavy atom. The average molecular weight is 184 g/mol. The molecule has 0 amide bonds. The molecule has 1 atom stereocenters. The third-order valence-corrected chi connectivity index (χ3v) is 2.24. The Morgan fingerprint density at radius 1 is 1.38 bits per heavy atom. The molecule has 1 rings (SSSR count). The Morgan fingerprint density at radius 3 is 2.46 bits per heavy atom. The molecule has 0 spiro atoms. The topological polar surface area (TPSA) is 76.5 Å². The molecule has 1 unspecified atom stereocenters. The molecule has 0 aromatic rings. The summed E-state index contributed by atoms with van der Waals surface area (Å²) in [5.74, 6) is 0. The quantitative estimate of drug-likeness (QED) is 0.517. The van der Waals surface area contributed by atoms with E-state index in [-0.39, 0.29) is 12.6 Å². The first kappa shape index (κ1) is 10.3. The van der Waals surface area contributed by atoms with Crippen LogP contribution >= 0.6 is 0 Å². The first-order valence-electron chi connectivity index (χ1n) is 4.49. The van der Waals surface area contributed by atoms with Crippen molar-refractivity contribution in [2.45, 2.75) is 6.04 Å². The van der Waals surface area contributed by atoms with Gasteiger partial charge in [0.25, 0.3) is 0 Å². The van der Waals surface area contributed by atoms with Gasteiger partial charge in [-0.1, -0.05) is 0 Å². The van der Waals surface area contributed by atoms with Crippen molar-refractivity contribution in [3.8, 4) is 6.19 Å². The van der Waals surface area contributed by atoms with E-state index in [4.69, 9.17) is 16.1 Å². The molecular weight excluding hydrogens is 168 g/mol. The van der Waals surface area contributed by atoms with E-state index in [2.05, 4.69) is 11.1 Å². The lowest BCUT2D eigenvalue weighted by Gasteiger charge is -2.32. The van der Waals surface area contributed by atoms with Crippen LogP contribution < -0.4 is 5.73 Å². The highest BCUT2D eigenvalue weighted by atomic mass is 16.3. The van der Waals surface area contributed by atoms with Crippen molar-refractivity contribution in [2.24, 2.45) is 5.73 Å². The van der Waals surface area contributed by atoms with Gasteiger partial charge in [0.2, 0.25) is 0 Å². The summed E-state index contributed by atoms with van der Waals surface area (Å²) in [5.41, 5.74) is 5.60. The van der Waals surface area contributed by atoms with Crippen molar-refractivity contribution < 1.29 is 5.11 Å². The fourth-order valence-corrected chi connectivity index (χ4v) is 1.42. The van der Waals surface area contributed by atoms with Crippen molar-refractivity contribution in [1.82, 2.24) is 9.80 Å². The number of nitriles is 1. The molecule has 0 radical (unpaired) electrons. The molecule has 0 bridgehead atoms. The van der Waals surface area contributed by atoms with Gasteiger partial charge in [-0.15, -0.1) is 0 Å². The Kier molecular flexibility index (Phi) is 3.96. The second-order valence-corrected chi connectivity index (χ2v) is 3.33. The zero-order chi connectivity index (χ0) is 9.68. The fraction of sp³-hybridized carbons (Fsp3) is 0.875. The summed E-state index contributed by atoms with van der Waals surface area (Å²) in [7, 11) is 0. The van der Waals surface area contributed by atoms with Crippen molar-refractivity contribution >= 4 is 0 Å². The largest absolute Gasteiger partial charge is 0.395 e. The summed E-state index contributed by atoms with van der Waals surface area (Å²) in [5, 5.41) is 17.3. The molecule has 1 aliphatic rings. The second-order valence-electron chi connectivity index (χ2n) is 3.33. The predicted octanol–water partition coefficient (Wildman–Crippen LogP) is -1.60. The zero-order valence-corrected chi connectivity index (χ0v) is 7.69. The van der Waals surface area contributed by atoms with Crippen LogP contribution in [0.1, 0.15) is 0 Å². The molecule has 1 heterocycles. The van der Waals surface area contributed by atoms with Crippen LogP contribution in [0.5, 0.6) is 0 Å². The summed E-state index contributed by atoms with van der Waals surface area (Å²) < 4.78 is 0. The Bertz CT molecular complexity index is 183. The SMILES string of the molecule is N#CN1CCN(CC(N)CO)CC1. The third kappa shape index (κ3) is 3.19. The van der Waals surface area contributed by atoms with Crippen LogP contribution in [0, 0.1) is 11.5 Å². The second kappa shape index (κ2) is 5.02. The van der Waals surface area contributed by atoms with Crippen LogP contribution in [0.3, 0.4) is 0 Å². The summed E-state index contributed by atoms with van der Waals surface area (Å²) in [6, 6.07) is -0.159. The number of aliphatic hydroxyl groups is 1. The molecule has 13 heavy (non-hydrogen) atoms. The standard InChI is InChI=1S/C8H16N4O/c9-7-12-3-1-11(2-4-12)5-8(10)6-13/h8,13H,1-6,10H2. The van der Waals surface area contributed by atoms with Crippen molar-refractivity contribution in [3.63, 3.8) is 0 Å². The van der Waals surface area contributed by atoms with Gasteiger partial charge >= 0.3 is 0 Å². The maximum absolute atomic E-state index is 8.75.